The minimum absolute atomic E-state index is 1.12. The van der Waals surface area contributed by atoms with Crippen LogP contribution in [0.2, 0.25) is 0 Å². The molecule has 6 heavy (non-hydrogen) atoms. The third kappa shape index (κ3) is 4.54. The first-order valence-electron chi connectivity index (χ1n) is 1.37. The van der Waals surface area contributed by atoms with Crippen molar-refractivity contribution in [3.63, 3.8) is 0 Å². The Bertz CT molecular complexity index is 38.5. The van der Waals surface area contributed by atoms with E-state index < -0.39 is 4.52 Å². The summed E-state index contributed by atoms with van der Waals surface area (Å²) in [7, 11) is 2.99. The second-order valence-electron chi connectivity index (χ2n) is 0.952. The van der Waals surface area contributed by atoms with Gasteiger partial charge in [0.2, 0.25) is 4.52 Å². The van der Waals surface area contributed by atoms with Crippen LogP contribution >= 0.6 is 23.2 Å². The molecule has 0 aromatic rings. The van der Waals surface area contributed by atoms with Gasteiger partial charge in [-0.15, -0.1) is 0 Å². The van der Waals surface area contributed by atoms with E-state index in [2.05, 4.69) is 11.8 Å². The molecular formula is C3H5Cl2O. The van der Waals surface area contributed by atoms with Gasteiger partial charge in [0.05, 0.1) is 7.11 Å². The Kier molecular flexibility index (Phi) is 2.19. The van der Waals surface area contributed by atoms with Crippen LogP contribution in [-0.2, 0) is 4.74 Å². The summed E-state index contributed by atoms with van der Waals surface area (Å²) in [5, 5.41) is 0. The SMILES string of the molecule is [CH2]OC(C)(Cl)Cl. The average Bonchev–Trinajstić information content (AvgIpc) is 1.35. The molecule has 0 amide bonds. The van der Waals surface area contributed by atoms with Gasteiger partial charge in [0.1, 0.15) is 0 Å². The fourth-order valence-corrected chi connectivity index (χ4v) is 0. The zero-order chi connectivity index (χ0) is 5.21. The second-order valence-corrected chi connectivity index (χ2v) is 2.59. The molecule has 0 aliphatic heterocycles. The molecular weight excluding hydrogens is 123 g/mol. The van der Waals surface area contributed by atoms with Gasteiger partial charge in [0.25, 0.3) is 0 Å². The third-order valence-corrected chi connectivity index (χ3v) is 0.472. The third-order valence-electron chi connectivity index (χ3n) is 0.253. The van der Waals surface area contributed by atoms with Gasteiger partial charge < -0.3 is 4.74 Å². The summed E-state index contributed by atoms with van der Waals surface area (Å²) in [4.78, 5) is 0. The largest absolute Gasteiger partial charge is 0.344 e. The van der Waals surface area contributed by atoms with Crippen LogP contribution < -0.4 is 0 Å². The highest BCUT2D eigenvalue weighted by atomic mass is 35.5. The summed E-state index contributed by atoms with van der Waals surface area (Å²) in [5.41, 5.74) is 0. The van der Waals surface area contributed by atoms with Crippen LogP contribution in [0.4, 0.5) is 0 Å². The number of halogens is 2. The Morgan fingerprint density at radius 2 is 1.83 bits per heavy atom. The first kappa shape index (κ1) is 6.54. The number of hydrogen-bond donors (Lipinski definition) is 0. The molecule has 0 aromatic heterocycles. The van der Waals surface area contributed by atoms with E-state index in [1.165, 1.54) is 6.92 Å². The molecule has 0 bridgehead atoms. The van der Waals surface area contributed by atoms with E-state index in [0.717, 1.165) is 0 Å². The molecule has 0 spiro atoms. The van der Waals surface area contributed by atoms with Crippen LogP contribution in [0.3, 0.4) is 0 Å². The van der Waals surface area contributed by atoms with E-state index >= 15 is 0 Å². The minimum atomic E-state index is -1.12. The molecule has 0 saturated carbocycles. The smallest absolute Gasteiger partial charge is 0.214 e. The van der Waals surface area contributed by atoms with Crippen molar-refractivity contribution in [3.8, 4) is 0 Å². The lowest BCUT2D eigenvalue weighted by atomic mass is 10.8. The molecule has 0 aliphatic rings. The second kappa shape index (κ2) is 2.01. The molecule has 0 rings (SSSR count). The Balaban J connectivity index is 3.17. The van der Waals surface area contributed by atoms with Crippen molar-refractivity contribution in [2.75, 3.05) is 0 Å². The highest BCUT2D eigenvalue weighted by molar-refractivity contribution is 6.46. The van der Waals surface area contributed by atoms with Gasteiger partial charge in [-0.2, -0.15) is 0 Å². The van der Waals surface area contributed by atoms with Crippen molar-refractivity contribution in [2.45, 2.75) is 11.4 Å². The van der Waals surface area contributed by atoms with E-state index in [1.54, 1.807) is 0 Å². The van der Waals surface area contributed by atoms with Gasteiger partial charge in [-0.25, -0.2) is 0 Å². The van der Waals surface area contributed by atoms with Crippen LogP contribution in [0.15, 0.2) is 0 Å². The first-order valence-corrected chi connectivity index (χ1v) is 2.13. The van der Waals surface area contributed by atoms with Gasteiger partial charge in [-0.1, -0.05) is 23.2 Å². The molecule has 3 heteroatoms. The van der Waals surface area contributed by atoms with E-state index in [4.69, 9.17) is 23.2 Å². The number of rotatable bonds is 1. The zero-order valence-corrected chi connectivity index (χ0v) is 4.88. The van der Waals surface area contributed by atoms with Gasteiger partial charge in [-0.3, -0.25) is 0 Å². The van der Waals surface area contributed by atoms with Gasteiger partial charge in [-0.05, 0) is 6.92 Å². The minimum Gasteiger partial charge on any atom is -0.344 e. The van der Waals surface area contributed by atoms with Crippen molar-refractivity contribution in [3.05, 3.63) is 7.11 Å². The normalized spacial score (nSPS) is 12.0. The van der Waals surface area contributed by atoms with Crippen molar-refractivity contribution in [2.24, 2.45) is 0 Å². The Hall–Kier alpha value is 0.540. The number of alkyl halides is 2. The molecule has 0 aromatic carbocycles. The quantitative estimate of drug-likeness (QED) is 0.490. The molecule has 1 radical (unpaired) electrons. The van der Waals surface area contributed by atoms with Gasteiger partial charge >= 0.3 is 0 Å². The topological polar surface area (TPSA) is 9.23 Å². The summed E-state index contributed by atoms with van der Waals surface area (Å²) in [6.45, 7) is 1.49. The lowest BCUT2D eigenvalue weighted by Gasteiger charge is -2.07. The maximum Gasteiger partial charge on any atom is 0.214 e. The lowest BCUT2D eigenvalue weighted by molar-refractivity contribution is 0.189. The molecule has 0 fully saturated rings. The highest BCUT2D eigenvalue weighted by Gasteiger charge is 2.11. The van der Waals surface area contributed by atoms with Crippen molar-refractivity contribution in [1.82, 2.24) is 0 Å². The first-order chi connectivity index (χ1) is 2.56. The standard InChI is InChI=1S/C3H5Cl2O/c1-3(4,5)6-2/h2H2,1H3. The van der Waals surface area contributed by atoms with Crippen LogP contribution in [-0.4, -0.2) is 4.52 Å². The van der Waals surface area contributed by atoms with E-state index in [0.29, 0.717) is 0 Å². The maximum atomic E-state index is 5.20. The summed E-state index contributed by atoms with van der Waals surface area (Å²) in [6.07, 6.45) is 0. The van der Waals surface area contributed by atoms with Crippen LogP contribution in [0.1, 0.15) is 6.92 Å². The maximum absolute atomic E-state index is 5.20. The average molecular weight is 128 g/mol. The molecule has 0 N–H and O–H groups in total. The Labute approximate surface area is 47.2 Å². The molecule has 0 saturated heterocycles. The molecule has 0 aliphatic carbocycles. The summed E-state index contributed by atoms with van der Waals surface area (Å²) >= 11 is 10.4. The van der Waals surface area contributed by atoms with Crippen molar-refractivity contribution < 1.29 is 4.74 Å². The molecule has 1 nitrogen and oxygen atoms in total. The fourth-order valence-electron chi connectivity index (χ4n) is 0. The van der Waals surface area contributed by atoms with Crippen LogP contribution in [0.25, 0.3) is 0 Å². The van der Waals surface area contributed by atoms with Crippen LogP contribution in [0, 0.1) is 7.11 Å². The zero-order valence-electron chi connectivity index (χ0n) is 3.37. The van der Waals surface area contributed by atoms with Gasteiger partial charge in [0.15, 0.2) is 0 Å². The number of ether oxygens (including phenoxy) is 1. The molecule has 0 heterocycles. The van der Waals surface area contributed by atoms with E-state index in [9.17, 15) is 0 Å². The predicted molar refractivity (Wildman–Crippen MR) is 26.6 cm³/mol. The molecule has 37 valence electrons. The lowest BCUT2D eigenvalue weighted by Crippen LogP contribution is -2.05. The fraction of sp³-hybridized carbons (Fsp3) is 0.667. The predicted octanol–water partition coefficient (Wildman–Crippen LogP) is 1.95. The number of hydrogen-bond acceptors (Lipinski definition) is 1. The van der Waals surface area contributed by atoms with E-state index in [-0.39, 0.29) is 0 Å². The monoisotopic (exact) mass is 127 g/mol. The summed E-state index contributed by atoms with van der Waals surface area (Å²) in [6, 6.07) is 0. The van der Waals surface area contributed by atoms with Gasteiger partial charge in [0, 0.05) is 0 Å². The van der Waals surface area contributed by atoms with Crippen molar-refractivity contribution >= 4 is 23.2 Å². The van der Waals surface area contributed by atoms with Crippen molar-refractivity contribution in [1.29, 1.82) is 0 Å². The van der Waals surface area contributed by atoms with E-state index in [1.807, 2.05) is 0 Å². The molecule has 0 atom stereocenters. The summed E-state index contributed by atoms with van der Waals surface area (Å²) in [5.74, 6) is 0. The summed E-state index contributed by atoms with van der Waals surface area (Å²) < 4.78 is 3.09. The highest BCUT2D eigenvalue weighted by Crippen LogP contribution is 2.19. The Morgan fingerprint density at radius 3 is 1.83 bits per heavy atom. The van der Waals surface area contributed by atoms with Crippen LogP contribution in [0.5, 0.6) is 0 Å². The molecule has 0 unspecified atom stereocenters. The Morgan fingerprint density at radius 1 is 1.67 bits per heavy atom.